The molecular formula is C15H22FN3O. The summed E-state index contributed by atoms with van der Waals surface area (Å²) in [5.41, 5.74) is 3.01. The fourth-order valence-electron chi connectivity index (χ4n) is 2.90. The number of halogens is 1. The van der Waals surface area contributed by atoms with Crippen LogP contribution < -0.4 is 11.3 Å². The van der Waals surface area contributed by atoms with Gasteiger partial charge in [0.15, 0.2) is 0 Å². The van der Waals surface area contributed by atoms with E-state index in [2.05, 4.69) is 24.2 Å². The Morgan fingerprint density at radius 3 is 2.65 bits per heavy atom. The molecule has 0 aliphatic carbocycles. The van der Waals surface area contributed by atoms with Gasteiger partial charge in [0.05, 0.1) is 0 Å². The second kappa shape index (κ2) is 6.33. The molecule has 0 saturated carbocycles. The Balaban J connectivity index is 2.21. The Morgan fingerprint density at radius 1 is 1.40 bits per heavy atom. The first kappa shape index (κ1) is 14.9. The second-order valence-corrected chi connectivity index (χ2v) is 5.58. The van der Waals surface area contributed by atoms with E-state index in [1.807, 2.05) is 0 Å². The summed E-state index contributed by atoms with van der Waals surface area (Å²) < 4.78 is 14.0. The first-order valence-corrected chi connectivity index (χ1v) is 7.08. The number of nitrogens with zero attached hydrogens (tertiary/aromatic N) is 1. The molecule has 20 heavy (non-hydrogen) atoms. The van der Waals surface area contributed by atoms with Gasteiger partial charge in [0.1, 0.15) is 5.82 Å². The Labute approximate surface area is 119 Å². The number of carbonyl (C=O) groups excluding carboxylic acids is 1. The molecule has 1 aromatic rings. The van der Waals surface area contributed by atoms with Gasteiger partial charge in [-0.25, -0.2) is 10.2 Å². The molecule has 0 aromatic heterocycles. The molecule has 1 aliphatic rings. The highest BCUT2D eigenvalue weighted by atomic mass is 19.1. The van der Waals surface area contributed by atoms with Crippen LogP contribution in [0.25, 0.3) is 0 Å². The Bertz CT molecular complexity index is 482. The molecule has 2 atom stereocenters. The van der Waals surface area contributed by atoms with Gasteiger partial charge in [0.25, 0.3) is 5.91 Å². The number of hydrogen-bond donors (Lipinski definition) is 2. The molecule has 2 unspecified atom stereocenters. The van der Waals surface area contributed by atoms with Crippen LogP contribution in [0.3, 0.4) is 0 Å². The van der Waals surface area contributed by atoms with Crippen LogP contribution in [0.15, 0.2) is 18.2 Å². The van der Waals surface area contributed by atoms with E-state index in [0.29, 0.717) is 29.8 Å². The standard InChI is InChI=1S/C15H22FN3O/c1-10-4-3-5-11(2)19(10)9-13-8-12(15(20)18-17)6-7-14(13)16/h6-8,10-11H,3-5,9,17H2,1-2H3,(H,18,20). The Morgan fingerprint density at radius 2 is 2.05 bits per heavy atom. The molecule has 1 heterocycles. The summed E-state index contributed by atoms with van der Waals surface area (Å²) in [7, 11) is 0. The number of nitrogen functional groups attached to an aromatic ring is 1. The van der Waals surface area contributed by atoms with Crippen molar-refractivity contribution in [3.8, 4) is 0 Å². The summed E-state index contributed by atoms with van der Waals surface area (Å²) in [5, 5.41) is 0. The molecule has 110 valence electrons. The number of benzene rings is 1. The molecule has 1 fully saturated rings. The minimum Gasteiger partial charge on any atom is -0.294 e. The smallest absolute Gasteiger partial charge is 0.265 e. The molecule has 0 bridgehead atoms. The lowest BCUT2D eigenvalue weighted by atomic mass is 9.96. The van der Waals surface area contributed by atoms with E-state index in [1.54, 1.807) is 6.07 Å². The van der Waals surface area contributed by atoms with Crippen LogP contribution in [0, 0.1) is 5.82 Å². The van der Waals surface area contributed by atoms with E-state index in [1.165, 1.54) is 18.6 Å². The number of amides is 1. The van der Waals surface area contributed by atoms with E-state index in [0.717, 1.165) is 12.8 Å². The van der Waals surface area contributed by atoms with E-state index in [-0.39, 0.29) is 5.82 Å². The predicted octanol–water partition coefficient (Wildman–Crippen LogP) is 2.19. The van der Waals surface area contributed by atoms with Crippen LogP contribution in [0.2, 0.25) is 0 Å². The maximum absolute atomic E-state index is 14.0. The van der Waals surface area contributed by atoms with Crippen LogP contribution in [-0.4, -0.2) is 22.9 Å². The molecular weight excluding hydrogens is 257 g/mol. The molecule has 1 aliphatic heterocycles. The van der Waals surface area contributed by atoms with Crippen molar-refractivity contribution in [3.05, 3.63) is 35.1 Å². The Kier molecular flexibility index (Phi) is 4.73. The van der Waals surface area contributed by atoms with Gasteiger partial charge < -0.3 is 0 Å². The minimum absolute atomic E-state index is 0.274. The van der Waals surface area contributed by atoms with Gasteiger partial charge in [-0.15, -0.1) is 0 Å². The van der Waals surface area contributed by atoms with Gasteiger partial charge in [-0.2, -0.15) is 0 Å². The predicted molar refractivity (Wildman–Crippen MR) is 76.4 cm³/mol. The van der Waals surface area contributed by atoms with Gasteiger partial charge in [-0.05, 0) is 44.9 Å². The van der Waals surface area contributed by atoms with E-state index in [4.69, 9.17) is 5.84 Å². The molecule has 2 rings (SSSR count). The largest absolute Gasteiger partial charge is 0.294 e. The number of hydrazine groups is 1. The van der Waals surface area contributed by atoms with Crippen molar-refractivity contribution in [2.24, 2.45) is 5.84 Å². The van der Waals surface area contributed by atoms with Gasteiger partial charge >= 0.3 is 0 Å². The van der Waals surface area contributed by atoms with Crippen molar-refractivity contribution < 1.29 is 9.18 Å². The van der Waals surface area contributed by atoms with Crippen molar-refractivity contribution in [1.82, 2.24) is 10.3 Å². The first-order valence-electron chi connectivity index (χ1n) is 7.08. The van der Waals surface area contributed by atoms with Crippen molar-refractivity contribution in [1.29, 1.82) is 0 Å². The third-order valence-corrected chi connectivity index (χ3v) is 4.17. The topological polar surface area (TPSA) is 58.4 Å². The minimum atomic E-state index is -0.397. The lowest BCUT2D eigenvalue weighted by Crippen LogP contribution is -2.43. The average Bonchev–Trinajstić information content (AvgIpc) is 2.44. The lowest BCUT2D eigenvalue weighted by molar-refractivity contribution is 0.0933. The van der Waals surface area contributed by atoms with Crippen molar-refractivity contribution >= 4 is 5.91 Å². The first-order chi connectivity index (χ1) is 9.52. The molecule has 3 N–H and O–H groups in total. The van der Waals surface area contributed by atoms with Crippen molar-refractivity contribution in [2.75, 3.05) is 0 Å². The normalized spacial score (nSPS) is 23.6. The summed E-state index contributed by atoms with van der Waals surface area (Å²) in [6, 6.07) is 5.24. The molecule has 0 radical (unpaired) electrons. The lowest BCUT2D eigenvalue weighted by Gasteiger charge is -2.39. The molecule has 1 amide bonds. The van der Waals surface area contributed by atoms with E-state index < -0.39 is 5.91 Å². The van der Waals surface area contributed by atoms with E-state index >= 15 is 0 Å². The summed E-state index contributed by atoms with van der Waals surface area (Å²) in [4.78, 5) is 13.8. The van der Waals surface area contributed by atoms with Gasteiger partial charge in [-0.1, -0.05) is 6.42 Å². The number of carbonyl (C=O) groups is 1. The van der Waals surface area contributed by atoms with Crippen LogP contribution >= 0.6 is 0 Å². The monoisotopic (exact) mass is 279 g/mol. The zero-order valence-corrected chi connectivity index (χ0v) is 12.0. The fraction of sp³-hybridized carbons (Fsp3) is 0.533. The van der Waals surface area contributed by atoms with Gasteiger partial charge in [0.2, 0.25) is 0 Å². The highest BCUT2D eigenvalue weighted by molar-refractivity contribution is 5.93. The van der Waals surface area contributed by atoms with Crippen molar-refractivity contribution in [3.63, 3.8) is 0 Å². The maximum atomic E-state index is 14.0. The van der Waals surface area contributed by atoms with Crippen LogP contribution in [-0.2, 0) is 6.54 Å². The van der Waals surface area contributed by atoms with Gasteiger partial charge in [0, 0.05) is 29.8 Å². The number of nitrogens with two attached hydrogens (primary N) is 1. The number of rotatable bonds is 3. The molecule has 0 spiro atoms. The highest BCUT2D eigenvalue weighted by Crippen LogP contribution is 2.25. The molecule has 1 aromatic carbocycles. The number of piperidine rings is 1. The number of hydrogen-bond acceptors (Lipinski definition) is 3. The summed E-state index contributed by atoms with van der Waals surface area (Å²) >= 11 is 0. The maximum Gasteiger partial charge on any atom is 0.265 e. The van der Waals surface area contributed by atoms with Gasteiger partial charge in [-0.3, -0.25) is 15.1 Å². The quantitative estimate of drug-likeness (QED) is 0.506. The zero-order valence-electron chi connectivity index (χ0n) is 12.0. The molecule has 1 saturated heterocycles. The molecule has 4 nitrogen and oxygen atoms in total. The molecule has 5 heteroatoms. The number of likely N-dealkylation sites (tertiary alicyclic amines) is 1. The summed E-state index contributed by atoms with van der Waals surface area (Å²) in [6.07, 6.45) is 3.49. The zero-order chi connectivity index (χ0) is 14.7. The average molecular weight is 279 g/mol. The van der Waals surface area contributed by atoms with Crippen LogP contribution in [0.4, 0.5) is 4.39 Å². The highest BCUT2D eigenvalue weighted by Gasteiger charge is 2.25. The second-order valence-electron chi connectivity index (χ2n) is 5.58. The third-order valence-electron chi connectivity index (χ3n) is 4.17. The van der Waals surface area contributed by atoms with Crippen LogP contribution in [0.5, 0.6) is 0 Å². The summed E-state index contributed by atoms with van der Waals surface area (Å²) in [6.45, 7) is 4.87. The number of nitrogens with one attached hydrogen (secondary N) is 1. The van der Waals surface area contributed by atoms with E-state index in [9.17, 15) is 9.18 Å². The SMILES string of the molecule is CC1CCCC(C)N1Cc1cc(C(=O)NN)ccc1F. The Hall–Kier alpha value is -1.46. The van der Waals surface area contributed by atoms with Crippen LogP contribution in [0.1, 0.15) is 49.0 Å². The summed E-state index contributed by atoms with van der Waals surface area (Å²) in [5.74, 6) is 4.45. The van der Waals surface area contributed by atoms with Crippen molar-refractivity contribution in [2.45, 2.75) is 51.7 Å². The third kappa shape index (κ3) is 3.16. The fourth-order valence-corrected chi connectivity index (χ4v) is 2.90.